The highest BCUT2D eigenvalue weighted by Crippen LogP contribution is 2.36. The van der Waals surface area contributed by atoms with Crippen molar-refractivity contribution >= 4 is 11.3 Å². The average molecular weight is 196 g/mol. The van der Waals surface area contributed by atoms with Gasteiger partial charge in [-0.3, -0.25) is 0 Å². The van der Waals surface area contributed by atoms with Gasteiger partial charge in [-0.1, -0.05) is 19.8 Å². The molecule has 72 valence electrons. The Morgan fingerprint density at radius 3 is 2.77 bits per heavy atom. The molecule has 1 aliphatic carbocycles. The van der Waals surface area contributed by atoms with E-state index in [0.29, 0.717) is 0 Å². The molecule has 1 heterocycles. The molecule has 13 heavy (non-hydrogen) atoms. The lowest BCUT2D eigenvalue weighted by atomic mass is 9.96. The fourth-order valence-corrected chi connectivity index (χ4v) is 2.82. The molecule has 0 saturated heterocycles. The summed E-state index contributed by atoms with van der Waals surface area (Å²) in [4.78, 5) is 4.58. The second-order valence-electron chi connectivity index (χ2n) is 3.84. The van der Waals surface area contributed by atoms with Crippen molar-refractivity contribution in [2.45, 2.75) is 44.6 Å². The Morgan fingerprint density at radius 2 is 2.23 bits per heavy atom. The molecule has 2 nitrogen and oxygen atoms in total. The van der Waals surface area contributed by atoms with E-state index in [1.54, 1.807) is 11.3 Å². The van der Waals surface area contributed by atoms with E-state index in [2.05, 4.69) is 17.3 Å². The quantitative estimate of drug-likeness (QED) is 0.789. The smallest absolute Gasteiger partial charge is 0.0926 e. The molecule has 2 rings (SSSR count). The van der Waals surface area contributed by atoms with E-state index in [0.717, 1.165) is 25.0 Å². The SMILES string of the molecule is CCc1nc(C2(N)CCCC2)cs1. The first-order chi connectivity index (χ1) is 6.24. The third-order valence-electron chi connectivity index (χ3n) is 2.86. The summed E-state index contributed by atoms with van der Waals surface area (Å²) in [6, 6.07) is 0. The van der Waals surface area contributed by atoms with E-state index >= 15 is 0 Å². The van der Waals surface area contributed by atoms with Crippen molar-refractivity contribution in [2.24, 2.45) is 5.73 Å². The van der Waals surface area contributed by atoms with Crippen molar-refractivity contribution in [3.05, 3.63) is 16.1 Å². The van der Waals surface area contributed by atoms with Crippen molar-refractivity contribution in [3.8, 4) is 0 Å². The fraction of sp³-hybridized carbons (Fsp3) is 0.700. The molecule has 2 N–H and O–H groups in total. The molecule has 1 saturated carbocycles. The van der Waals surface area contributed by atoms with Crippen molar-refractivity contribution < 1.29 is 0 Å². The molecule has 1 fully saturated rings. The van der Waals surface area contributed by atoms with Gasteiger partial charge in [0.05, 0.1) is 16.2 Å². The Kier molecular flexibility index (Phi) is 2.39. The summed E-state index contributed by atoms with van der Waals surface area (Å²) in [6.45, 7) is 2.14. The van der Waals surface area contributed by atoms with Crippen molar-refractivity contribution in [1.29, 1.82) is 0 Å². The zero-order valence-electron chi connectivity index (χ0n) is 8.05. The van der Waals surface area contributed by atoms with Gasteiger partial charge < -0.3 is 5.73 Å². The maximum atomic E-state index is 6.29. The maximum Gasteiger partial charge on any atom is 0.0926 e. The highest BCUT2D eigenvalue weighted by atomic mass is 32.1. The van der Waals surface area contributed by atoms with Crippen LogP contribution >= 0.6 is 11.3 Å². The van der Waals surface area contributed by atoms with Crippen molar-refractivity contribution in [1.82, 2.24) is 4.98 Å². The van der Waals surface area contributed by atoms with Gasteiger partial charge in [-0.2, -0.15) is 0 Å². The molecule has 0 radical (unpaired) electrons. The van der Waals surface area contributed by atoms with Gasteiger partial charge in [-0.05, 0) is 19.3 Å². The number of aryl methyl sites for hydroxylation is 1. The van der Waals surface area contributed by atoms with Crippen LogP contribution in [0.3, 0.4) is 0 Å². The van der Waals surface area contributed by atoms with E-state index in [1.807, 2.05) is 0 Å². The van der Waals surface area contributed by atoms with Crippen LogP contribution in [0.15, 0.2) is 5.38 Å². The largest absolute Gasteiger partial charge is 0.320 e. The van der Waals surface area contributed by atoms with Gasteiger partial charge >= 0.3 is 0 Å². The third-order valence-corrected chi connectivity index (χ3v) is 3.85. The molecule has 0 bridgehead atoms. The van der Waals surface area contributed by atoms with E-state index in [9.17, 15) is 0 Å². The van der Waals surface area contributed by atoms with Gasteiger partial charge in [0, 0.05) is 5.38 Å². The molecule has 0 spiro atoms. The summed E-state index contributed by atoms with van der Waals surface area (Å²) in [5, 5.41) is 3.36. The normalized spacial score (nSPS) is 20.8. The molecule has 0 unspecified atom stereocenters. The Hall–Kier alpha value is -0.410. The second kappa shape index (κ2) is 3.39. The lowest BCUT2D eigenvalue weighted by Gasteiger charge is -2.20. The summed E-state index contributed by atoms with van der Waals surface area (Å²) in [5.74, 6) is 0. The van der Waals surface area contributed by atoms with Crippen LogP contribution in [0.25, 0.3) is 0 Å². The number of nitrogens with zero attached hydrogens (tertiary/aromatic N) is 1. The Bertz CT molecular complexity index is 287. The molecule has 1 aliphatic rings. The zero-order chi connectivity index (χ0) is 9.31. The van der Waals surface area contributed by atoms with Gasteiger partial charge in [-0.25, -0.2) is 4.98 Å². The highest BCUT2D eigenvalue weighted by Gasteiger charge is 2.33. The number of thiazole rings is 1. The summed E-state index contributed by atoms with van der Waals surface area (Å²) >= 11 is 1.74. The number of nitrogens with two attached hydrogens (primary N) is 1. The topological polar surface area (TPSA) is 38.9 Å². The number of rotatable bonds is 2. The molecular weight excluding hydrogens is 180 g/mol. The molecule has 0 aliphatic heterocycles. The number of hydrogen-bond acceptors (Lipinski definition) is 3. The van der Waals surface area contributed by atoms with Gasteiger partial charge in [0.25, 0.3) is 0 Å². The van der Waals surface area contributed by atoms with Crippen LogP contribution in [0.1, 0.15) is 43.3 Å². The molecular formula is C10H16N2S. The summed E-state index contributed by atoms with van der Waals surface area (Å²) in [6.07, 6.45) is 5.77. The Labute approximate surface area is 83.2 Å². The van der Waals surface area contributed by atoms with Crippen LogP contribution < -0.4 is 5.73 Å². The maximum absolute atomic E-state index is 6.29. The van der Waals surface area contributed by atoms with Crippen LogP contribution in [0.4, 0.5) is 0 Å². The first kappa shape index (κ1) is 9.16. The Morgan fingerprint density at radius 1 is 1.54 bits per heavy atom. The lowest BCUT2D eigenvalue weighted by molar-refractivity contribution is 0.449. The summed E-state index contributed by atoms with van der Waals surface area (Å²) in [7, 11) is 0. The minimum Gasteiger partial charge on any atom is -0.320 e. The standard InChI is InChI=1S/C10H16N2S/c1-2-9-12-8(7-13-9)10(11)5-3-4-6-10/h7H,2-6,11H2,1H3. The third kappa shape index (κ3) is 1.63. The van der Waals surface area contributed by atoms with Gasteiger partial charge in [0.15, 0.2) is 0 Å². The van der Waals surface area contributed by atoms with E-state index in [1.165, 1.54) is 17.8 Å². The van der Waals surface area contributed by atoms with Crippen LogP contribution in [0, 0.1) is 0 Å². The Balaban J connectivity index is 2.23. The molecule has 0 amide bonds. The highest BCUT2D eigenvalue weighted by molar-refractivity contribution is 7.09. The molecule has 0 aromatic carbocycles. The fourth-order valence-electron chi connectivity index (χ4n) is 1.96. The summed E-state index contributed by atoms with van der Waals surface area (Å²) in [5.41, 5.74) is 7.33. The predicted octanol–water partition coefficient (Wildman–Crippen LogP) is 2.43. The first-order valence-electron chi connectivity index (χ1n) is 4.98. The summed E-state index contributed by atoms with van der Waals surface area (Å²) < 4.78 is 0. The van der Waals surface area contributed by atoms with E-state index in [4.69, 9.17) is 5.73 Å². The van der Waals surface area contributed by atoms with Crippen LogP contribution in [0.5, 0.6) is 0 Å². The lowest BCUT2D eigenvalue weighted by Crippen LogP contribution is -2.33. The van der Waals surface area contributed by atoms with Gasteiger partial charge in [0.2, 0.25) is 0 Å². The van der Waals surface area contributed by atoms with Crippen LogP contribution in [-0.2, 0) is 12.0 Å². The number of hydrogen-bond donors (Lipinski definition) is 1. The predicted molar refractivity (Wildman–Crippen MR) is 55.8 cm³/mol. The van der Waals surface area contributed by atoms with Gasteiger partial charge in [-0.15, -0.1) is 11.3 Å². The molecule has 3 heteroatoms. The average Bonchev–Trinajstić information content (AvgIpc) is 2.72. The minimum atomic E-state index is -0.0933. The van der Waals surface area contributed by atoms with Crippen molar-refractivity contribution in [3.63, 3.8) is 0 Å². The first-order valence-corrected chi connectivity index (χ1v) is 5.86. The zero-order valence-corrected chi connectivity index (χ0v) is 8.86. The second-order valence-corrected chi connectivity index (χ2v) is 4.79. The minimum absolute atomic E-state index is 0.0933. The van der Waals surface area contributed by atoms with Crippen LogP contribution in [0.2, 0.25) is 0 Å². The van der Waals surface area contributed by atoms with Crippen molar-refractivity contribution in [2.75, 3.05) is 0 Å². The van der Waals surface area contributed by atoms with E-state index in [-0.39, 0.29) is 5.54 Å². The van der Waals surface area contributed by atoms with Gasteiger partial charge in [0.1, 0.15) is 0 Å². The van der Waals surface area contributed by atoms with E-state index < -0.39 is 0 Å². The molecule has 1 aromatic rings. The number of aromatic nitrogens is 1. The molecule has 0 atom stereocenters. The van der Waals surface area contributed by atoms with Crippen LogP contribution in [-0.4, -0.2) is 4.98 Å². The monoisotopic (exact) mass is 196 g/mol. The molecule has 1 aromatic heterocycles.